The third-order valence-corrected chi connectivity index (χ3v) is 13.5. The van der Waals surface area contributed by atoms with Crippen LogP contribution in [0.25, 0.3) is 66.8 Å². The maximum absolute atomic E-state index is 2.41. The van der Waals surface area contributed by atoms with E-state index in [0.29, 0.717) is 0 Å². The summed E-state index contributed by atoms with van der Waals surface area (Å²) >= 11 is 0. The first-order valence-corrected chi connectivity index (χ1v) is 21.5. The zero-order valence-electron chi connectivity index (χ0n) is 35.2. The fourth-order valence-corrected chi connectivity index (χ4v) is 10.2. The zero-order chi connectivity index (χ0) is 41.3. The predicted octanol–water partition coefficient (Wildman–Crippen LogP) is 16.4. The molecule has 0 saturated carbocycles. The number of nitrogens with zero attached hydrogens (tertiary/aromatic N) is 1. The van der Waals surface area contributed by atoms with Crippen LogP contribution in [0.2, 0.25) is 0 Å². The van der Waals surface area contributed by atoms with Crippen molar-refractivity contribution in [3.05, 3.63) is 235 Å². The highest BCUT2D eigenvalue weighted by Crippen LogP contribution is 2.51. The van der Waals surface area contributed by atoms with Crippen LogP contribution >= 0.6 is 0 Å². The number of fused-ring (bicyclic) bond motifs is 6. The SMILES string of the molecule is CC1(C)c2ccccc2-c2cc(-c3cccc(N(c4ccc(-c5ccc(-c6ccccc6)cc5)cc4)c4cccc(-c5ccc6c(c5)-c5ccccc5C6(C)C)c4)c3)ccc21. The molecule has 0 aromatic heterocycles. The topological polar surface area (TPSA) is 3.24 Å². The minimum Gasteiger partial charge on any atom is -0.310 e. The third-order valence-electron chi connectivity index (χ3n) is 13.5. The maximum atomic E-state index is 2.41. The molecule has 1 heteroatoms. The monoisotopic (exact) mass is 781 g/mol. The summed E-state index contributed by atoms with van der Waals surface area (Å²) in [6.07, 6.45) is 0. The molecular formula is C60H47N. The Morgan fingerprint density at radius 2 is 0.590 bits per heavy atom. The van der Waals surface area contributed by atoms with E-state index < -0.39 is 0 Å². The Kier molecular flexibility index (Phi) is 8.58. The van der Waals surface area contributed by atoms with Crippen molar-refractivity contribution in [2.75, 3.05) is 4.90 Å². The Hall–Kier alpha value is -7.22. The number of hydrogen-bond acceptors (Lipinski definition) is 1. The highest BCUT2D eigenvalue weighted by atomic mass is 15.1. The van der Waals surface area contributed by atoms with Gasteiger partial charge in [-0.25, -0.2) is 0 Å². The van der Waals surface area contributed by atoms with E-state index in [4.69, 9.17) is 0 Å². The molecule has 0 radical (unpaired) electrons. The van der Waals surface area contributed by atoms with E-state index in [0.717, 1.165) is 17.1 Å². The first kappa shape index (κ1) is 36.8. The number of rotatable bonds is 7. The first-order chi connectivity index (χ1) is 29.7. The molecule has 9 aromatic rings. The number of hydrogen-bond donors (Lipinski definition) is 0. The summed E-state index contributed by atoms with van der Waals surface area (Å²) in [7, 11) is 0. The number of benzene rings is 9. The lowest BCUT2D eigenvalue weighted by atomic mass is 9.82. The molecule has 0 saturated heterocycles. The van der Waals surface area contributed by atoms with Gasteiger partial charge in [0.15, 0.2) is 0 Å². The Morgan fingerprint density at radius 1 is 0.246 bits per heavy atom. The summed E-state index contributed by atoms with van der Waals surface area (Å²) < 4.78 is 0. The van der Waals surface area contributed by atoms with Crippen molar-refractivity contribution in [1.82, 2.24) is 0 Å². The number of anilines is 3. The van der Waals surface area contributed by atoms with E-state index in [2.05, 4.69) is 245 Å². The molecule has 2 aliphatic carbocycles. The van der Waals surface area contributed by atoms with Gasteiger partial charge in [-0.2, -0.15) is 0 Å². The lowest BCUT2D eigenvalue weighted by Crippen LogP contribution is -2.14. The molecule has 0 aliphatic heterocycles. The van der Waals surface area contributed by atoms with Crippen LogP contribution in [0, 0.1) is 0 Å². The van der Waals surface area contributed by atoms with Gasteiger partial charge < -0.3 is 4.90 Å². The van der Waals surface area contributed by atoms with Crippen molar-refractivity contribution in [3.8, 4) is 66.8 Å². The van der Waals surface area contributed by atoms with Gasteiger partial charge in [0, 0.05) is 27.9 Å². The van der Waals surface area contributed by atoms with Gasteiger partial charge in [-0.1, -0.05) is 191 Å². The fraction of sp³-hybridized carbons (Fsp3) is 0.100. The van der Waals surface area contributed by atoms with Crippen LogP contribution in [0.1, 0.15) is 49.9 Å². The van der Waals surface area contributed by atoms with Crippen LogP contribution < -0.4 is 4.90 Å². The van der Waals surface area contributed by atoms with E-state index in [1.807, 2.05) is 0 Å². The van der Waals surface area contributed by atoms with Crippen LogP contribution in [-0.2, 0) is 10.8 Å². The summed E-state index contributed by atoms with van der Waals surface area (Å²) in [6.45, 7) is 9.38. The van der Waals surface area contributed by atoms with Gasteiger partial charge in [-0.15, -0.1) is 0 Å². The van der Waals surface area contributed by atoms with Gasteiger partial charge >= 0.3 is 0 Å². The molecular weight excluding hydrogens is 735 g/mol. The molecule has 61 heavy (non-hydrogen) atoms. The second-order valence-corrected chi connectivity index (χ2v) is 17.8. The van der Waals surface area contributed by atoms with Crippen molar-refractivity contribution in [2.45, 2.75) is 38.5 Å². The standard InChI is InChI=1S/C60H47N/c1-59(2)55-22-10-8-20-51(55)53-38-46(30-34-57(53)59)44-16-12-18-49(36-44)61(48-32-28-43(29-33-48)42-26-24-41(25-27-42)40-14-6-5-7-15-40)50-19-13-17-45(37-50)47-31-35-58-54(39-47)52-21-9-11-23-56(52)60(58,3)4/h5-39H,1-4H3. The maximum Gasteiger partial charge on any atom is 0.0467 e. The molecule has 2 aliphatic rings. The van der Waals surface area contributed by atoms with Crippen molar-refractivity contribution >= 4 is 17.1 Å². The highest BCUT2D eigenvalue weighted by Gasteiger charge is 2.36. The van der Waals surface area contributed by atoms with Gasteiger partial charge in [0.1, 0.15) is 0 Å². The van der Waals surface area contributed by atoms with Crippen LogP contribution in [0.15, 0.2) is 212 Å². The van der Waals surface area contributed by atoms with Gasteiger partial charge in [-0.05, 0) is 138 Å². The lowest BCUT2D eigenvalue weighted by molar-refractivity contribution is 0.660. The summed E-state index contributed by atoms with van der Waals surface area (Å²) in [5, 5.41) is 0. The van der Waals surface area contributed by atoms with Crippen molar-refractivity contribution in [3.63, 3.8) is 0 Å². The minimum atomic E-state index is -0.0252. The molecule has 0 bridgehead atoms. The quantitative estimate of drug-likeness (QED) is 0.156. The lowest BCUT2D eigenvalue weighted by Gasteiger charge is -2.27. The second kappa shape index (κ2) is 14.2. The largest absolute Gasteiger partial charge is 0.310 e. The third kappa shape index (κ3) is 6.15. The zero-order valence-corrected chi connectivity index (χ0v) is 35.2. The molecule has 0 N–H and O–H groups in total. The first-order valence-electron chi connectivity index (χ1n) is 21.5. The Balaban J connectivity index is 0.999. The van der Waals surface area contributed by atoms with E-state index in [-0.39, 0.29) is 10.8 Å². The Labute approximate surface area is 360 Å². The van der Waals surface area contributed by atoms with E-state index in [1.54, 1.807) is 0 Å². The normalized spacial score (nSPS) is 13.8. The van der Waals surface area contributed by atoms with Crippen LogP contribution in [0.5, 0.6) is 0 Å². The summed E-state index contributed by atoms with van der Waals surface area (Å²) in [5.74, 6) is 0. The molecule has 0 spiro atoms. The Morgan fingerprint density at radius 3 is 1.07 bits per heavy atom. The van der Waals surface area contributed by atoms with E-state index >= 15 is 0 Å². The van der Waals surface area contributed by atoms with Gasteiger partial charge in [0.2, 0.25) is 0 Å². The Bertz CT molecular complexity index is 2960. The molecule has 0 heterocycles. The molecule has 1 nitrogen and oxygen atoms in total. The van der Waals surface area contributed by atoms with Crippen LogP contribution in [0.3, 0.4) is 0 Å². The fourth-order valence-electron chi connectivity index (χ4n) is 10.2. The molecule has 0 atom stereocenters. The molecule has 0 unspecified atom stereocenters. The van der Waals surface area contributed by atoms with E-state index in [1.165, 1.54) is 89.0 Å². The highest BCUT2D eigenvalue weighted by molar-refractivity contribution is 5.89. The average Bonchev–Trinajstić information content (AvgIpc) is 3.69. The average molecular weight is 782 g/mol. The van der Waals surface area contributed by atoms with Crippen molar-refractivity contribution in [1.29, 1.82) is 0 Å². The molecule has 9 aromatic carbocycles. The second-order valence-electron chi connectivity index (χ2n) is 17.8. The van der Waals surface area contributed by atoms with Crippen LogP contribution in [0.4, 0.5) is 17.1 Å². The molecule has 292 valence electrons. The molecule has 0 amide bonds. The van der Waals surface area contributed by atoms with Gasteiger partial charge in [-0.3, -0.25) is 0 Å². The smallest absolute Gasteiger partial charge is 0.0467 e. The minimum absolute atomic E-state index is 0.0252. The van der Waals surface area contributed by atoms with Crippen LogP contribution in [-0.4, -0.2) is 0 Å². The van der Waals surface area contributed by atoms with E-state index in [9.17, 15) is 0 Å². The summed E-state index contributed by atoms with van der Waals surface area (Å²) in [4.78, 5) is 2.41. The van der Waals surface area contributed by atoms with Gasteiger partial charge in [0.25, 0.3) is 0 Å². The summed E-state index contributed by atoms with van der Waals surface area (Å²) in [5.41, 5.74) is 23.9. The van der Waals surface area contributed by atoms with Crippen molar-refractivity contribution < 1.29 is 0 Å². The summed E-state index contributed by atoms with van der Waals surface area (Å²) in [6, 6.07) is 78.5. The molecule has 11 rings (SSSR count). The predicted molar refractivity (Wildman–Crippen MR) is 258 cm³/mol. The molecule has 0 fully saturated rings. The van der Waals surface area contributed by atoms with Gasteiger partial charge in [0.05, 0.1) is 0 Å². The van der Waals surface area contributed by atoms with Crippen molar-refractivity contribution in [2.24, 2.45) is 0 Å².